The van der Waals surface area contributed by atoms with E-state index in [2.05, 4.69) is 15.4 Å². The van der Waals surface area contributed by atoms with Gasteiger partial charge in [0.15, 0.2) is 6.61 Å². The van der Waals surface area contributed by atoms with Crippen LogP contribution in [0, 0.1) is 10.1 Å². The Kier molecular flexibility index (Phi) is 6.44. The highest BCUT2D eigenvalue weighted by Crippen LogP contribution is 2.27. The molecular weight excluding hydrogens is 384 g/mol. The van der Waals surface area contributed by atoms with Crippen molar-refractivity contribution in [1.29, 1.82) is 0 Å². The minimum absolute atomic E-state index is 0.0278. The zero-order valence-corrected chi connectivity index (χ0v) is 15.8. The van der Waals surface area contributed by atoms with Gasteiger partial charge in [0.1, 0.15) is 5.75 Å². The number of carbonyl (C=O) groups is 1. The number of halogens is 1. The average molecular weight is 403 g/mol. The summed E-state index contributed by atoms with van der Waals surface area (Å²) in [4.78, 5) is 24.7. The molecule has 1 amide bonds. The van der Waals surface area contributed by atoms with Crippen LogP contribution >= 0.6 is 11.6 Å². The maximum absolute atomic E-state index is 11.9. The topological polar surface area (TPSA) is 97.1 Å². The predicted molar refractivity (Wildman–Crippen MR) is 107 cm³/mol. The van der Waals surface area contributed by atoms with Crippen LogP contribution in [0.15, 0.2) is 47.6 Å². The van der Waals surface area contributed by atoms with Crippen molar-refractivity contribution in [2.75, 3.05) is 24.6 Å². The van der Waals surface area contributed by atoms with Crippen molar-refractivity contribution < 1.29 is 14.5 Å². The van der Waals surface area contributed by atoms with Gasteiger partial charge in [-0.25, -0.2) is 5.43 Å². The predicted octanol–water partition coefficient (Wildman–Crippen LogP) is 3.38. The number of nitro groups is 1. The van der Waals surface area contributed by atoms with E-state index in [-0.39, 0.29) is 12.3 Å². The second kappa shape index (κ2) is 9.18. The first kappa shape index (κ1) is 19.6. The number of nitro benzene ring substituents is 1. The van der Waals surface area contributed by atoms with E-state index in [1.165, 1.54) is 18.3 Å². The van der Waals surface area contributed by atoms with E-state index in [0.29, 0.717) is 16.3 Å². The molecule has 1 N–H and O–H groups in total. The van der Waals surface area contributed by atoms with Crippen molar-refractivity contribution in [3.8, 4) is 5.75 Å². The van der Waals surface area contributed by atoms with E-state index >= 15 is 0 Å². The number of nitrogens with one attached hydrogen (secondary N) is 1. The molecule has 0 radical (unpaired) electrons. The summed E-state index contributed by atoms with van der Waals surface area (Å²) in [6.07, 6.45) is 3.56. The summed E-state index contributed by atoms with van der Waals surface area (Å²) in [7, 11) is 0. The molecule has 146 valence electrons. The molecule has 3 rings (SSSR count). The molecule has 2 aromatic rings. The molecular formula is C19H19ClN4O4. The van der Waals surface area contributed by atoms with Crippen LogP contribution in [0.5, 0.6) is 5.75 Å². The maximum Gasteiger partial charge on any atom is 0.277 e. The SMILES string of the molecule is O=C(COc1cccc(Cl)c1)NN=Cc1cc([N+](=O)[O-])ccc1N1CCCC1. The minimum Gasteiger partial charge on any atom is -0.484 e. The molecule has 28 heavy (non-hydrogen) atoms. The Bertz CT molecular complexity index is 897. The first-order valence-corrected chi connectivity index (χ1v) is 9.14. The fraction of sp³-hybridized carbons (Fsp3) is 0.263. The average Bonchev–Trinajstić information content (AvgIpc) is 3.21. The summed E-state index contributed by atoms with van der Waals surface area (Å²) in [6, 6.07) is 11.4. The van der Waals surface area contributed by atoms with Crippen molar-refractivity contribution >= 4 is 35.1 Å². The molecule has 8 nitrogen and oxygen atoms in total. The van der Waals surface area contributed by atoms with Gasteiger partial charge in [-0.05, 0) is 37.1 Å². The molecule has 0 atom stereocenters. The Morgan fingerprint density at radius 1 is 1.29 bits per heavy atom. The Labute approximate surface area is 166 Å². The lowest BCUT2D eigenvalue weighted by Gasteiger charge is -2.19. The first-order valence-electron chi connectivity index (χ1n) is 8.76. The highest BCUT2D eigenvalue weighted by molar-refractivity contribution is 6.30. The van der Waals surface area contributed by atoms with Gasteiger partial charge in [-0.1, -0.05) is 17.7 Å². The van der Waals surface area contributed by atoms with Gasteiger partial charge in [-0.3, -0.25) is 14.9 Å². The van der Waals surface area contributed by atoms with Crippen molar-refractivity contribution in [3.63, 3.8) is 0 Å². The normalized spacial score (nSPS) is 13.7. The highest BCUT2D eigenvalue weighted by atomic mass is 35.5. The number of nitrogens with zero attached hydrogens (tertiary/aromatic N) is 3. The van der Waals surface area contributed by atoms with E-state index < -0.39 is 10.8 Å². The van der Waals surface area contributed by atoms with Gasteiger partial charge in [0.2, 0.25) is 0 Å². The van der Waals surface area contributed by atoms with Crippen molar-refractivity contribution in [1.82, 2.24) is 5.43 Å². The number of benzene rings is 2. The Balaban J connectivity index is 1.64. The molecule has 0 bridgehead atoms. The zero-order chi connectivity index (χ0) is 19.9. The van der Waals surface area contributed by atoms with E-state index in [0.717, 1.165) is 31.6 Å². The fourth-order valence-corrected chi connectivity index (χ4v) is 3.10. The number of rotatable bonds is 7. The summed E-state index contributed by atoms with van der Waals surface area (Å²) in [6.45, 7) is 1.54. The molecule has 9 heteroatoms. The Morgan fingerprint density at radius 2 is 2.07 bits per heavy atom. The summed E-state index contributed by atoms with van der Waals surface area (Å²) in [5.74, 6) is 0.0195. The number of carbonyl (C=O) groups excluding carboxylic acids is 1. The van der Waals surface area contributed by atoms with Crippen molar-refractivity contribution in [3.05, 3.63) is 63.2 Å². The summed E-state index contributed by atoms with van der Waals surface area (Å²) < 4.78 is 5.34. The monoisotopic (exact) mass is 402 g/mol. The van der Waals surface area contributed by atoms with Gasteiger partial charge in [0.05, 0.1) is 11.1 Å². The second-order valence-electron chi connectivity index (χ2n) is 6.23. The van der Waals surface area contributed by atoms with Crippen LogP contribution in [0.4, 0.5) is 11.4 Å². The van der Waals surface area contributed by atoms with Crippen LogP contribution in [-0.2, 0) is 4.79 Å². The molecule has 0 aliphatic carbocycles. The fourth-order valence-electron chi connectivity index (χ4n) is 2.92. The number of hydrogen-bond donors (Lipinski definition) is 1. The molecule has 0 unspecified atom stereocenters. The molecule has 1 aliphatic heterocycles. The largest absolute Gasteiger partial charge is 0.484 e. The Morgan fingerprint density at radius 3 is 2.79 bits per heavy atom. The number of anilines is 1. The molecule has 0 aromatic heterocycles. The van der Waals surface area contributed by atoms with Crippen LogP contribution in [-0.4, -0.2) is 36.7 Å². The lowest BCUT2D eigenvalue weighted by atomic mass is 10.1. The molecule has 0 saturated carbocycles. The van der Waals surface area contributed by atoms with Gasteiger partial charge in [0, 0.05) is 41.5 Å². The third kappa shape index (κ3) is 5.20. The first-order chi connectivity index (χ1) is 13.5. The van der Waals surface area contributed by atoms with E-state index in [1.54, 1.807) is 30.3 Å². The Hall–Kier alpha value is -3.13. The number of non-ortho nitro benzene ring substituents is 1. The van der Waals surface area contributed by atoms with Crippen LogP contribution in [0.25, 0.3) is 0 Å². The van der Waals surface area contributed by atoms with Crippen molar-refractivity contribution in [2.24, 2.45) is 5.10 Å². The summed E-state index contributed by atoms with van der Waals surface area (Å²) >= 11 is 5.86. The van der Waals surface area contributed by atoms with E-state index in [9.17, 15) is 14.9 Å². The smallest absolute Gasteiger partial charge is 0.277 e. The van der Waals surface area contributed by atoms with Gasteiger partial charge in [0.25, 0.3) is 11.6 Å². The van der Waals surface area contributed by atoms with E-state index in [4.69, 9.17) is 16.3 Å². The highest BCUT2D eigenvalue weighted by Gasteiger charge is 2.18. The standard InChI is InChI=1S/C19H19ClN4O4/c20-15-4-3-5-17(11-15)28-13-19(25)22-21-12-14-10-16(24(26)27)6-7-18(14)23-8-1-2-9-23/h3-7,10-12H,1-2,8-9,13H2,(H,22,25). The van der Waals surface area contributed by atoms with Gasteiger partial charge >= 0.3 is 0 Å². The van der Waals surface area contributed by atoms with E-state index in [1.807, 2.05) is 0 Å². The molecule has 1 aliphatic rings. The lowest BCUT2D eigenvalue weighted by Crippen LogP contribution is -2.25. The van der Waals surface area contributed by atoms with Gasteiger partial charge in [-0.2, -0.15) is 5.10 Å². The minimum atomic E-state index is -0.456. The number of amides is 1. The van der Waals surface area contributed by atoms with Gasteiger partial charge in [-0.15, -0.1) is 0 Å². The van der Waals surface area contributed by atoms with Crippen molar-refractivity contribution in [2.45, 2.75) is 12.8 Å². The zero-order valence-electron chi connectivity index (χ0n) is 15.0. The summed E-state index contributed by atoms with van der Waals surface area (Å²) in [5.41, 5.74) is 3.77. The van der Waals surface area contributed by atoms with Crippen LogP contribution in [0.3, 0.4) is 0 Å². The van der Waals surface area contributed by atoms with Crippen LogP contribution in [0.1, 0.15) is 18.4 Å². The van der Waals surface area contributed by atoms with Crippen LogP contribution in [0.2, 0.25) is 5.02 Å². The maximum atomic E-state index is 11.9. The molecule has 1 heterocycles. The second-order valence-corrected chi connectivity index (χ2v) is 6.67. The number of hydrogen-bond acceptors (Lipinski definition) is 6. The summed E-state index contributed by atoms with van der Waals surface area (Å²) in [5, 5.41) is 15.5. The molecule has 2 aromatic carbocycles. The number of hydrazone groups is 1. The van der Waals surface area contributed by atoms with Gasteiger partial charge < -0.3 is 9.64 Å². The molecule has 1 fully saturated rings. The number of ether oxygens (including phenoxy) is 1. The molecule has 0 spiro atoms. The van der Waals surface area contributed by atoms with Crippen LogP contribution < -0.4 is 15.1 Å². The third-order valence-electron chi connectivity index (χ3n) is 4.23. The lowest BCUT2D eigenvalue weighted by molar-refractivity contribution is -0.384. The molecule has 1 saturated heterocycles. The third-order valence-corrected chi connectivity index (χ3v) is 4.46. The quantitative estimate of drug-likeness (QED) is 0.435.